The molecule has 20 heavy (non-hydrogen) atoms. The molecule has 0 bridgehead atoms. The molecule has 1 N–H and O–H groups in total. The number of unbranched alkanes of at least 4 members (excludes halogenated alkanes) is 4. The Labute approximate surface area is 134 Å². The monoisotopic (exact) mass is 390 g/mol. The SMILES string of the molecule is CCCCC/C=C(\[Te]CCCC)C(O)c1ccccc1. The minimum atomic E-state index is -0.364. The van der Waals surface area contributed by atoms with Crippen LogP contribution in [0.15, 0.2) is 40.0 Å². The number of rotatable bonds is 10. The Morgan fingerprint density at radius 3 is 2.45 bits per heavy atom. The van der Waals surface area contributed by atoms with Crippen LogP contribution in [0, 0.1) is 0 Å². The average Bonchev–Trinajstić information content (AvgIpc) is 2.50. The van der Waals surface area contributed by atoms with Gasteiger partial charge in [0.15, 0.2) is 0 Å². The summed E-state index contributed by atoms with van der Waals surface area (Å²) in [5.74, 6) is 0. The predicted octanol–water partition coefficient (Wildman–Crippen LogP) is 5.11. The van der Waals surface area contributed by atoms with Gasteiger partial charge in [0, 0.05) is 0 Å². The van der Waals surface area contributed by atoms with Gasteiger partial charge in [-0.25, -0.2) is 0 Å². The second kappa shape index (κ2) is 11.4. The number of aliphatic hydroxyl groups excluding tert-OH is 1. The number of benzene rings is 1. The van der Waals surface area contributed by atoms with Gasteiger partial charge in [0.05, 0.1) is 0 Å². The molecule has 1 aromatic rings. The van der Waals surface area contributed by atoms with Gasteiger partial charge in [-0.15, -0.1) is 0 Å². The molecule has 0 saturated carbocycles. The topological polar surface area (TPSA) is 20.2 Å². The van der Waals surface area contributed by atoms with E-state index in [9.17, 15) is 5.11 Å². The first-order valence-corrected chi connectivity index (χ1v) is 10.7. The zero-order valence-electron chi connectivity index (χ0n) is 12.8. The van der Waals surface area contributed by atoms with Crippen molar-refractivity contribution in [2.45, 2.75) is 62.9 Å². The maximum absolute atomic E-state index is 10.6. The van der Waals surface area contributed by atoms with Crippen molar-refractivity contribution in [3.05, 3.63) is 45.6 Å². The zero-order chi connectivity index (χ0) is 14.6. The molecule has 0 radical (unpaired) electrons. The van der Waals surface area contributed by atoms with Gasteiger partial charge < -0.3 is 0 Å². The van der Waals surface area contributed by atoms with Crippen molar-refractivity contribution in [1.82, 2.24) is 0 Å². The molecule has 1 aromatic carbocycles. The van der Waals surface area contributed by atoms with Gasteiger partial charge in [-0.2, -0.15) is 0 Å². The third-order valence-electron chi connectivity index (χ3n) is 3.30. The fourth-order valence-corrected chi connectivity index (χ4v) is 5.44. The molecule has 2 heteroatoms. The Bertz CT molecular complexity index is 372. The van der Waals surface area contributed by atoms with Crippen molar-refractivity contribution >= 4 is 20.9 Å². The molecule has 0 aliphatic carbocycles. The van der Waals surface area contributed by atoms with Crippen LogP contribution in [0.5, 0.6) is 0 Å². The number of hydrogen-bond donors (Lipinski definition) is 1. The summed E-state index contributed by atoms with van der Waals surface area (Å²) in [4.78, 5) is 0. The number of allylic oxidation sites excluding steroid dienone is 1. The van der Waals surface area contributed by atoms with E-state index in [0.717, 1.165) is 12.0 Å². The molecule has 0 amide bonds. The van der Waals surface area contributed by atoms with Crippen LogP contribution in [0.3, 0.4) is 0 Å². The van der Waals surface area contributed by atoms with Gasteiger partial charge in [-0.1, -0.05) is 0 Å². The van der Waals surface area contributed by atoms with Crippen molar-refractivity contribution in [3.63, 3.8) is 0 Å². The molecule has 0 fully saturated rings. The Morgan fingerprint density at radius 1 is 1.10 bits per heavy atom. The first-order chi connectivity index (χ1) is 9.79. The first kappa shape index (κ1) is 17.8. The van der Waals surface area contributed by atoms with Crippen LogP contribution in [0.1, 0.15) is 64.0 Å². The predicted molar refractivity (Wildman–Crippen MR) is 89.1 cm³/mol. The molecule has 0 aliphatic rings. The van der Waals surface area contributed by atoms with E-state index in [-0.39, 0.29) is 27.0 Å². The van der Waals surface area contributed by atoms with Gasteiger partial charge in [-0.05, 0) is 0 Å². The van der Waals surface area contributed by atoms with Crippen molar-refractivity contribution in [3.8, 4) is 0 Å². The number of hydrogen-bond acceptors (Lipinski definition) is 1. The van der Waals surface area contributed by atoms with Crippen LogP contribution >= 0.6 is 0 Å². The van der Waals surface area contributed by atoms with Crippen LogP contribution < -0.4 is 0 Å². The molecule has 0 saturated heterocycles. The van der Waals surface area contributed by atoms with Crippen LogP contribution in [-0.4, -0.2) is 26.0 Å². The summed E-state index contributed by atoms with van der Waals surface area (Å²) >= 11 is -0.215. The molecule has 1 nitrogen and oxygen atoms in total. The van der Waals surface area contributed by atoms with Crippen molar-refractivity contribution in [2.75, 3.05) is 0 Å². The van der Waals surface area contributed by atoms with Gasteiger partial charge in [0.1, 0.15) is 0 Å². The Balaban J connectivity index is 2.64. The maximum atomic E-state index is 10.6. The van der Waals surface area contributed by atoms with E-state index in [1.807, 2.05) is 30.3 Å². The Morgan fingerprint density at radius 2 is 1.80 bits per heavy atom. The second-order valence-electron chi connectivity index (χ2n) is 5.12. The molecular weight excluding hydrogens is 360 g/mol. The summed E-state index contributed by atoms with van der Waals surface area (Å²) in [5, 5.41) is 10.6. The third kappa shape index (κ3) is 6.93. The Kier molecular flexibility index (Phi) is 10.1. The van der Waals surface area contributed by atoms with Crippen molar-refractivity contribution in [2.24, 2.45) is 0 Å². The molecule has 0 heterocycles. The summed E-state index contributed by atoms with van der Waals surface area (Å²) < 4.78 is 2.65. The van der Waals surface area contributed by atoms with Crippen molar-refractivity contribution in [1.29, 1.82) is 0 Å². The molecule has 1 atom stereocenters. The van der Waals surface area contributed by atoms with Crippen LogP contribution in [0.25, 0.3) is 0 Å². The molecule has 0 aromatic heterocycles. The number of aliphatic hydroxyl groups is 1. The minimum absolute atomic E-state index is 0.215. The molecule has 0 aliphatic heterocycles. The van der Waals surface area contributed by atoms with E-state index < -0.39 is 0 Å². The normalized spacial score (nSPS) is 13.4. The molecular formula is C18H28OTe. The summed E-state index contributed by atoms with van der Waals surface area (Å²) in [6.07, 6.45) is 9.47. The van der Waals surface area contributed by atoms with E-state index in [2.05, 4.69) is 19.9 Å². The summed E-state index contributed by atoms with van der Waals surface area (Å²) in [5.41, 5.74) is 1.05. The first-order valence-electron chi connectivity index (χ1n) is 7.85. The van der Waals surface area contributed by atoms with Gasteiger partial charge in [0.2, 0.25) is 0 Å². The van der Waals surface area contributed by atoms with E-state index in [1.54, 1.807) is 0 Å². The fourth-order valence-electron chi connectivity index (χ4n) is 2.02. The molecule has 112 valence electrons. The van der Waals surface area contributed by atoms with E-state index in [4.69, 9.17) is 0 Å². The Hall–Kier alpha value is -0.290. The van der Waals surface area contributed by atoms with Crippen molar-refractivity contribution < 1.29 is 5.11 Å². The fraction of sp³-hybridized carbons (Fsp3) is 0.556. The third-order valence-corrected chi connectivity index (χ3v) is 6.78. The van der Waals surface area contributed by atoms with Crippen LogP contribution in [-0.2, 0) is 0 Å². The zero-order valence-corrected chi connectivity index (χ0v) is 15.2. The molecule has 0 spiro atoms. The van der Waals surface area contributed by atoms with E-state index in [0.29, 0.717) is 0 Å². The van der Waals surface area contributed by atoms with Crippen LogP contribution in [0.4, 0.5) is 0 Å². The van der Waals surface area contributed by atoms with E-state index >= 15 is 0 Å². The summed E-state index contributed by atoms with van der Waals surface area (Å²) in [6.45, 7) is 4.48. The van der Waals surface area contributed by atoms with Gasteiger partial charge in [0.25, 0.3) is 0 Å². The summed E-state index contributed by atoms with van der Waals surface area (Å²) in [7, 11) is 0. The second-order valence-corrected chi connectivity index (χ2v) is 8.45. The molecule has 1 rings (SSSR count). The van der Waals surface area contributed by atoms with Gasteiger partial charge >= 0.3 is 135 Å². The quantitative estimate of drug-likeness (QED) is 0.437. The average molecular weight is 388 g/mol. The van der Waals surface area contributed by atoms with Crippen LogP contribution in [0.2, 0.25) is 4.47 Å². The van der Waals surface area contributed by atoms with E-state index in [1.165, 1.54) is 40.2 Å². The van der Waals surface area contributed by atoms with Gasteiger partial charge in [-0.3, -0.25) is 0 Å². The standard InChI is InChI=1S/C18H28OTe/c1-3-5-7-11-14-17(20-15-6-4-2)18(19)16-12-9-8-10-13-16/h8-10,12-14,18-19H,3-7,11,15H2,1-2H3/b17-14-. The molecule has 1 unspecified atom stereocenters. The summed E-state index contributed by atoms with van der Waals surface area (Å²) in [6, 6.07) is 10.1.